The molecule has 0 fully saturated rings. The van der Waals surface area contributed by atoms with Crippen molar-refractivity contribution >= 4 is 11.9 Å². The molecule has 4 nitrogen and oxygen atoms in total. The lowest BCUT2D eigenvalue weighted by Gasteiger charge is -2.18. The lowest BCUT2D eigenvalue weighted by molar-refractivity contribution is -0.149. The quantitative estimate of drug-likeness (QED) is 0.563. The highest BCUT2D eigenvalue weighted by molar-refractivity contribution is 5.84. The Bertz CT molecular complexity index is 895. The molecule has 3 aromatic rings. The van der Waals surface area contributed by atoms with Crippen molar-refractivity contribution in [1.82, 2.24) is 5.32 Å². The highest BCUT2D eigenvalue weighted by atomic mass is 16.5. The normalized spacial score (nSPS) is 11.4. The number of ether oxygens (including phenoxy) is 1. The average molecular weight is 387 g/mol. The second kappa shape index (κ2) is 10.8. The van der Waals surface area contributed by atoms with Crippen LogP contribution in [-0.2, 0) is 33.8 Å². The van der Waals surface area contributed by atoms with Crippen LogP contribution >= 0.6 is 0 Å². The van der Waals surface area contributed by atoms with E-state index in [4.69, 9.17) is 4.74 Å². The van der Waals surface area contributed by atoms with Crippen LogP contribution in [0.25, 0.3) is 0 Å². The summed E-state index contributed by atoms with van der Waals surface area (Å²) in [5, 5.41) is 2.86. The highest BCUT2D eigenvalue weighted by Gasteiger charge is 2.22. The molecule has 1 unspecified atom stereocenters. The first-order valence-electron chi connectivity index (χ1n) is 9.78. The van der Waals surface area contributed by atoms with Gasteiger partial charge in [0.05, 0.1) is 0 Å². The van der Waals surface area contributed by atoms with Crippen LogP contribution in [0.15, 0.2) is 91.0 Å². The second-order valence-electron chi connectivity index (χ2n) is 6.89. The largest absolute Gasteiger partial charge is 0.459 e. The van der Waals surface area contributed by atoms with Crippen LogP contribution in [0, 0.1) is 0 Å². The third-order valence-electron chi connectivity index (χ3n) is 4.61. The summed E-state index contributed by atoms with van der Waals surface area (Å²) in [6.07, 6.45) is 1.34. The minimum Gasteiger partial charge on any atom is -0.459 e. The smallest absolute Gasteiger partial charge is 0.329 e. The number of amides is 1. The zero-order valence-corrected chi connectivity index (χ0v) is 16.3. The summed E-state index contributed by atoms with van der Waals surface area (Å²) in [6, 6.07) is 28.2. The van der Waals surface area contributed by atoms with Crippen molar-refractivity contribution in [3.8, 4) is 0 Å². The van der Waals surface area contributed by atoms with Gasteiger partial charge < -0.3 is 10.1 Å². The predicted octanol–water partition coefficient (Wildman–Crippen LogP) is 4.09. The standard InChI is InChI=1S/C25H25NO3/c27-24(17-16-20-10-4-1-5-11-20)26-23(18-21-12-6-2-7-13-21)25(28)29-19-22-14-8-3-9-15-22/h1-15,23H,16-19H2,(H,26,27). The highest BCUT2D eigenvalue weighted by Crippen LogP contribution is 2.08. The first-order valence-corrected chi connectivity index (χ1v) is 9.78. The zero-order valence-electron chi connectivity index (χ0n) is 16.3. The summed E-state index contributed by atoms with van der Waals surface area (Å²) in [5.41, 5.74) is 2.97. The number of esters is 1. The zero-order chi connectivity index (χ0) is 20.3. The molecule has 0 aromatic heterocycles. The minimum atomic E-state index is -0.718. The van der Waals surface area contributed by atoms with Gasteiger partial charge in [-0.3, -0.25) is 4.79 Å². The first kappa shape index (κ1) is 20.3. The number of carbonyl (C=O) groups excluding carboxylic acids is 2. The summed E-state index contributed by atoms with van der Waals surface area (Å²) in [7, 11) is 0. The van der Waals surface area contributed by atoms with Crippen LogP contribution in [0.4, 0.5) is 0 Å². The fourth-order valence-electron chi connectivity index (χ4n) is 3.04. The SMILES string of the molecule is O=C(CCc1ccccc1)NC(Cc1ccccc1)C(=O)OCc1ccccc1. The van der Waals surface area contributed by atoms with Crippen LogP contribution in [-0.4, -0.2) is 17.9 Å². The Labute approximate surface area is 171 Å². The number of carbonyl (C=O) groups is 2. The van der Waals surface area contributed by atoms with Crippen molar-refractivity contribution in [3.05, 3.63) is 108 Å². The summed E-state index contributed by atoms with van der Waals surface area (Å²) in [4.78, 5) is 25.2. The number of aryl methyl sites for hydroxylation is 1. The summed E-state index contributed by atoms with van der Waals surface area (Å²) >= 11 is 0. The average Bonchev–Trinajstić information content (AvgIpc) is 2.78. The lowest BCUT2D eigenvalue weighted by atomic mass is 10.1. The van der Waals surface area contributed by atoms with Crippen LogP contribution in [0.5, 0.6) is 0 Å². The Kier molecular flexibility index (Phi) is 7.58. The molecule has 3 rings (SSSR count). The van der Waals surface area contributed by atoms with Crippen molar-refractivity contribution in [1.29, 1.82) is 0 Å². The van der Waals surface area contributed by atoms with E-state index in [1.54, 1.807) is 0 Å². The minimum absolute atomic E-state index is 0.161. The Morgan fingerprint density at radius 3 is 1.83 bits per heavy atom. The molecule has 148 valence electrons. The summed E-state index contributed by atoms with van der Waals surface area (Å²) in [6.45, 7) is 0.185. The van der Waals surface area contributed by atoms with E-state index in [-0.39, 0.29) is 12.5 Å². The Hall–Kier alpha value is -3.40. The molecule has 0 aliphatic heterocycles. The van der Waals surface area contributed by atoms with Gasteiger partial charge in [-0.15, -0.1) is 0 Å². The van der Waals surface area contributed by atoms with E-state index in [1.165, 1.54) is 0 Å². The molecule has 0 saturated heterocycles. The van der Waals surface area contributed by atoms with Gasteiger partial charge in [0.15, 0.2) is 0 Å². The van der Waals surface area contributed by atoms with Gasteiger partial charge in [-0.1, -0.05) is 91.0 Å². The monoisotopic (exact) mass is 387 g/mol. The first-order chi connectivity index (χ1) is 14.2. The summed E-state index contributed by atoms with van der Waals surface area (Å²) < 4.78 is 5.47. The van der Waals surface area contributed by atoms with Gasteiger partial charge in [-0.05, 0) is 23.1 Å². The van der Waals surface area contributed by atoms with E-state index >= 15 is 0 Å². The van der Waals surface area contributed by atoms with E-state index in [0.717, 1.165) is 16.7 Å². The van der Waals surface area contributed by atoms with Crippen LogP contribution in [0.1, 0.15) is 23.1 Å². The second-order valence-corrected chi connectivity index (χ2v) is 6.89. The van der Waals surface area contributed by atoms with Gasteiger partial charge in [-0.2, -0.15) is 0 Å². The third kappa shape index (κ3) is 6.92. The molecule has 1 amide bonds. The van der Waals surface area contributed by atoms with Gasteiger partial charge in [0, 0.05) is 12.8 Å². The van der Waals surface area contributed by atoms with Gasteiger partial charge in [0.2, 0.25) is 5.91 Å². The molecule has 0 aliphatic rings. The van der Waals surface area contributed by atoms with Gasteiger partial charge >= 0.3 is 5.97 Å². The van der Waals surface area contributed by atoms with E-state index in [2.05, 4.69) is 5.32 Å². The number of benzene rings is 3. The van der Waals surface area contributed by atoms with Crippen molar-refractivity contribution < 1.29 is 14.3 Å². The van der Waals surface area contributed by atoms with Crippen molar-refractivity contribution in [3.63, 3.8) is 0 Å². The third-order valence-corrected chi connectivity index (χ3v) is 4.61. The number of hydrogen-bond acceptors (Lipinski definition) is 3. The molecule has 0 saturated carbocycles. The molecule has 4 heteroatoms. The molecule has 0 spiro atoms. The number of rotatable bonds is 9. The van der Waals surface area contributed by atoms with Gasteiger partial charge in [0.25, 0.3) is 0 Å². The van der Waals surface area contributed by atoms with E-state index < -0.39 is 12.0 Å². The predicted molar refractivity (Wildman–Crippen MR) is 113 cm³/mol. The molecule has 29 heavy (non-hydrogen) atoms. The Balaban J connectivity index is 1.60. The Morgan fingerprint density at radius 2 is 1.24 bits per heavy atom. The molecule has 0 heterocycles. The maximum atomic E-state index is 12.7. The maximum Gasteiger partial charge on any atom is 0.329 e. The maximum absolute atomic E-state index is 12.7. The molecule has 1 atom stereocenters. The number of hydrogen-bond donors (Lipinski definition) is 1. The van der Waals surface area contributed by atoms with Crippen LogP contribution in [0.2, 0.25) is 0 Å². The summed E-state index contributed by atoms with van der Waals surface area (Å²) in [5.74, 6) is -0.586. The topological polar surface area (TPSA) is 55.4 Å². The van der Waals surface area contributed by atoms with E-state index in [1.807, 2.05) is 91.0 Å². The van der Waals surface area contributed by atoms with Crippen molar-refractivity contribution in [2.75, 3.05) is 0 Å². The molecular weight excluding hydrogens is 362 g/mol. The van der Waals surface area contributed by atoms with E-state index in [0.29, 0.717) is 19.3 Å². The fraction of sp³-hybridized carbons (Fsp3) is 0.200. The molecule has 0 bridgehead atoms. The van der Waals surface area contributed by atoms with Gasteiger partial charge in [0.1, 0.15) is 12.6 Å². The lowest BCUT2D eigenvalue weighted by Crippen LogP contribution is -2.43. The Morgan fingerprint density at radius 1 is 0.724 bits per heavy atom. The van der Waals surface area contributed by atoms with Crippen molar-refractivity contribution in [2.24, 2.45) is 0 Å². The number of nitrogens with one attached hydrogen (secondary N) is 1. The van der Waals surface area contributed by atoms with Crippen molar-refractivity contribution in [2.45, 2.75) is 31.9 Å². The fourth-order valence-corrected chi connectivity index (χ4v) is 3.04. The molecule has 0 aliphatic carbocycles. The van der Waals surface area contributed by atoms with Gasteiger partial charge in [-0.25, -0.2) is 4.79 Å². The van der Waals surface area contributed by atoms with E-state index in [9.17, 15) is 9.59 Å². The molecular formula is C25H25NO3. The molecule has 0 radical (unpaired) electrons. The molecule has 3 aromatic carbocycles. The molecule has 1 N–H and O–H groups in total. The van der Waals surface area contributed by atoms with Crippen LogP contribution in [0.3, 0.4) is 0 Å². The van der Waals surface area contributed by atoms with Crippen LogP contribution < -0.4 is 5.32 Å².